The predicted molar refractivity (Wildman–Crippen MR) is 73.9 cm³/mol. The number of carbonyl (C=O) groups excluding carboxylic acids is 1. The van der Waals surface area contributed by atoms with E-state index >= 15 is 0 Å². The van der Waals surface area contributed by atoms with Gasteiger partial charge in [0, 0.05) is 6.42 Å². The molecule has 6 heteroatoms. The molecule has 1 heterocycles. The number of benzene rings is 1. The first-order chi connectivity index (χ1) is 9.70. The van der Waals surface area contributed by atoms with Crippen molar-refractivity contribution in [2.24, 2.45) is 5.73 Å². The molecule has 2 N–H and O–H groups in total. The van der Waals surface area contributed by atoms with Gasteiger partial charge >= 0.3 is 5.97 Å². The number of nitrogens with zero attached hydrogens (tertiary/aromatic N) is 3. The Bertz CT molecular complexity index is 553. The number of nitrogens with two attached hydrogens (primary N) is 1. The van der Waals surface area contributed by atoms with Crippen LogP contribution in [0.3, 0.4) is 0 Å². The lowest BCUT2D eigenvalue weighted by Crippen LogP contribution is -2.35. The van der Waals surface area contributed by atoms with Crippen LogP contribution in [0.5, 0.6) is 0 Å². The summed E-state index contributed by atoms with van der Waals surface area (Å²) in [6, 6.07) is 9.23. The van der Waals surface area contributed by atoms with E-state index in [0.29, 0.717) is 19.6 Å². The first kappa shape index (κ1) is 14.2. The van der Waals surface area contributed by atoms with Crippen molar-refractivity contribution >= 4 is 5.97 Å². The molecule has 1 aromatic carbocycles. The third kappa shape index (κ3) is 3.64. The van der Waals surface area contributed by atoms with Crippen molar-refractivity contribution < 1.29 is 9.53 Å². The van der Waals surface area contributed by atoms with Crippen LogP contribution in [0.25, 0.3) is 0 Å². The molecule has 0 aliphatic carbocycles. The topological polar surface area (TPSA) is 83.0 Å². The second-order valence-corrected chi connectivity index (χ2v) is 4.43. The molecule has 0 aliphatic rings. The van der Waals surface area contributed by atoms with E-state index in [0.717, 1.165) is 11.3 Å². The van der Waals surface area contributed by atoms with Crippen molar-refractivity contribution in [2.75, 3.05) is 6.61 Å². The van der Waals surface area contributed by atoms with Crippen molar-refractivity contribution in [3.63, 3.8) is 0 Å². The summed E-state index contributed by atoms with van der Waals surface area (Å²) in [5.41, 5.74) is 7.74. The average Bonchev–Trinajstić information content (AvgIpc) is 2.87. The lowest BCUT2D eigenvalue weighted by molar-refractivity contribution is -0.144. The molecule has 1 atom stereocenters. The summed E-state index contributed by atoms with van der Waals surface area (Å²) >= 11 is 0. The highest BCUT2D eigenvalue weighted by Gasteiger charge is 2.17. The van der Waals surface area contributed by atoms with E-state index in [1.807, 2.05) is 30.3 Å². The molecule has 0 spiro atoms. The molecule has 0 fully saturated rings. The number of hydrogen-bond acceptors (Lipinski definition) is 5. The molecule has 20 heavy (non-hydrogen) atoms. The van der Waals surface area contributed by atoms with Crippen LogP contribution in [0.15, 0.2) is 36.5 Å². The second kappa shape index (κ2) is 6.81. The standard InChI is InChI=1S/C14H18N4O2/c1-2-20-14(19)13(15)8-12-9-16-17-18(12)10-11-6-4-3-5-7-11/h3-7,9,13H,2,8,10,15H2,1H3. The van der Waals surface area contributed by atoms with E-state index in [2.05, 4.69) is 10.3 Å². The van der Waals surface area contributed by atoms with Gasteiger partial charge in [-0.25, -0.2) is 4.68 Å². The number of hydrogen-bond donors (Lipinski definition) is 1. The van der Waals surface area contributed by atoms with Gasteiger partial charge < -0.3 is 10.5 Å². The summed E-state index contributed by atoms with van der Waals surface area (Å²) in [6.45, 7) is 2.69. The van der Waals surface area contributed by atoms with Crippen molar-refractivity contribution in [1.29, 1.82) is 0 Å². The van der Waals surface area contributed by atoms with E-state index in [9.17, 15) is 4.79 Å². The molecule has 1 unspecified atom stereocenters. The Morgan fingerprint density at radius 3 is 2.85 bits per heavy atom. The molecule has 0 saturated carbocycles. The van der Waals surface area contributed by atoms with Crippen LogP contribution in [0.4, 0.5) is 0 Å². The Morgan fingerprint density at radius 1 is 1.40 bits per heavy atom. The number of carbonyl (C=O) groups is 1. The van der Waals surface area contributed by atoms with Crippen molar-refractivity contribution in [1.82, 2.24) is 15.0 Å². The van der Waals surface area contributed by atoms with Gasteiger partial charge in [0.1, 0.15) is 6.04 Å². The number of esters is 1. The van der Waals surface area contributed by atoms with Gasteiger partial charge in [-0.05, 0) is 12.5 Å². The van der Waals surface area contributed by atoms with Crippen molar-refractivity contribution in [3.8, 4) is 0 Å². The Morgan fingerprint density at radius 2 is 2.15 bits per heavy atom. The molecular formula is C14H18N4O2. The zero-order valence-corrected chi connectivity index (χ0v) is 11.4. The van der Waals surface area contributed by atoms with Crippen LogP contribution in [0.2, 0.25) is 0 Å². The van der Waals surface area contributed by atoms with Gasteiger partial charge in [0.2, 0.25) is 0 Å². The Hall–Kier alpha value is -2.21. The minimum absolute atomic E-state index is 0.327. The third-order valence-electron chi connectivity index (χ3n) is 2.89. The van der Waals surface area contributed by atoms with E-state index in [1.165, 1.54) is 0 Å². The maximum atomic E-state index is 11.5. The average molecular weight is 274 g/mol. The van der Waals surface area contributed by atoms with Gasteiger partial charge in [-0.3, -0.25) is 4.79 Å². The fourth-order valence-electron chi connectivity index (χ4n) is 1.88. The lowest BCUT2D eigenvalue weighted by Gasteiger charge is -2.11. The van der Waals surface area contributed by atoms with Crippen LogP contribution in [0, 0.1) is 0 Å². The maximum absolute atomic E-state index is 11.5. The molecule has 0 aliphatic heterocycles. The largest absolute Gasteiger partial charge is 0.465 e. The SMILES string of the molecule is CCOC(=O)C(N)Cc1cnnn1Cc1ccccc1. The maximum Gasteiger partial charge on any atom is 0.323 e. The van der Waals surface area contributed by atoms with Crippen molar-refractivity contribution in [2.45, 2.75) is 25.9 Å². The van der Waals surface area contributed by atoms with Crippen LogP contribution < -0.4 is 5.73 Å². The van der Waals surface area contributed by atoms with E-state index < -0.39 is 12.0 Å². The highest BCUT2D eigenvalue weighted by molar-refractivity contribution is 5.75. The Kier molecular flexibility index (Phi) is 4.84. The molecule has 0 saturated heterocycles. The minimum Gasteiger partial charge on any atom is -0.465 e. The van der Waals surface area contributed by atoms with Gasteiger partial charge in [0.05, 0.1) is 25.0 Å². The van der Waals surface area contributed by atoms with Gasteiger partial charge in [-0.15, -0.1) is 5.10 Å². The highest BCUT2D eigenvalue weighted by Crippen LogP contribution is 2.06. The molecule has 0 amide bonds. The molecule has 0 radical (unpaired) electrons. The van der Waals surface area contributed by atoms with Crippen LogP contribution in [-0.4, -0.2) is 33.6 Å². The fourth-order valence-corrected chi connectivity index (χ4v) is 1.88. The van der Waals surface area contributed by atoms with Crippen LogP contribution >= 0.6 is 0 Å². The molecule has 0 bridgehead atoms. The zero-order valence-electron chi connectivity index (χ0n) is 11.4. The predicted octanol–water partition coefficient (Wildman–Crippen LogP) is 0.759. The smallest absolute Gasteiger partial charge is 0.323 e. The molecule has 2 aromatic rings. The van der Waals surface area contributed by atoms with Gasteiger partial charge in [-0.1, -0.05) is 35.5 Å². The van der Waals surface area contributed by atoms with Gasteiger partial charge in [-0.2, -0.15) is 0 Å². The summed E-state index contributed by atoms with van der Waals surface area (Å²) in [7, 11) is 0. The summed E-state index contributed by atoms with van der Waals surface area (Å²) in [4.78, 5) is 11.5. The van der Waals surface area contributed by atoms with E-state index in [-0.39, 0.29) is 0 Å². The number of rotatable bonds is 6. The van der Waals surface area contributed by atoms with Crippen LogP contribution in [-0.2, 0) is 22.5 Å². The highest BCUT2D eigenvalue weighted by atomic mass is 16.5. The normalized spacial score (nSPS) is 12.1. The fraction of sp³-hybridized carbons (Fsp3) is 0.357. The monoisotopic (exact) mass is 274 g/mol. The number of ether oxygens (including phenoxy) is 1. The first-order valence-electron chi connectivity index (χ1n) is 6.54. The number of aromatic nitrogens is 3. The Balaban J connectivity index is 2.03. The Labute approximate surface area is 117 Å². The second-order valence-electron chi connectivity index (χ2n) is 4.43. The zero-order chi connectivity index (χ0) is 14.4. The minimum atomic E-state index is -0.692. The van der Waals surface area contributed by atoms with Crippen molar-refractivity contribution in [3.05, 3.63) is 47.8 Å². The van der Waals surface area contributed by atoms with Crippen LogP contribution in [0.1, 0.15) is 18.2 Å². The van der Waals surface area contributed by atoms with Gasteiger partial charge in [0.25, 0.3) is 0 Å². The summed E-state index contributed by atoms with van der Waals surface area (Å²) in [5, 5.41) is 7.91. The first-order valence-corrected chi connectivity index (χ1v) is 6.54. The summed E-state index contributed by atoms with van der Waals surface area (Å²) in [6.07, 6.45) is 1.99. The lowest BCUT2D eigenvalue weighted by atomic mass is 10.1. The van der Waals surface area contributed by atoms with E-state index in [1.54, 1.807) is 17.8 Å². The van der Waals surface area contributed by atoms with E-state index in [4.69, 9.17) is 10.5 Å². The third-order valence-corrected chi connectivity index (χ3v) is 2.89. The summed E-state index contributed by atoms with van der Waals surface area (Å²) < 4.78 is 6.64. The molecule has 6 nitrogen and oxygen atoms in total. The summed E-state index contributed by atoms with van der Waals surface area (Å²) in [5.74, 6) is -0.403. The molecule has 2 rings (SSSR count). The molecule has 1 aromatic heterocycles. The molecule has 106 valence electrons. The quantitative estimate of drug-likeness (QED) is 0.786. The molecular weight excluding hydrogens is 256 g/mol. The van der Waals surface area contributed by atoms with Gasteiger partial charge in [0.15, 0.2) is 0 Å².